The van der Waals surface area contributed by atoms with E-state index in [1.165, 1.54) is 12.1 Å². The van der Waals surface area contributed by atoms with Gasteiger partial charge in [0, 0.05) is 24.3 Å². The molecule has 158 valence electrons. The fourth-order valence-corrected chi connectivity index (χ4v) is 3.25. The minimum absolute atomic E-state index is 0.0758. The van der Waals surface area contributed by atoms with Gasteiger partial charge in [0.1, 0.15) is 0 Å². The molecule has 0 saturated carbocycles. The Labute approximate surface area is 171 Å². The lowest BCUT2D eigenvalue weighted by Crippen LogP contribution is -2.16. The summed E-state index contributed by atoms with van der Waals surface area (Å²) in [5.41, 5.74) is 3.97. The highest BCUT2D eigenvalue weighted by Gasteiger charge is 2.29. The second-order valence-electron chi connectivity index (χ2n) is 6.93. The molecule has 2 aromatic rings. The highest BCUT2D eigenvalue weighted by atomic mass is 19.4. The first-order valence-corrected chi connectivity index (χ1v) is 9.43. The molecule has 1 aliphatic heterocycles. The molecule has 0 aromatic heterocycles. The van der Waals surface area contributed by atoms with E-state index in [1.807, 2.05) is 11.6 Å². The van der Waals surface area contributed by atoms with E-state index >= 15 is 0 Å². The molecular weight excluding hydrogens is 399 g/mol. The number of carbonyl (C=O) groups excluding carboxylic acids is 1. The molecule has 0 radical (unpaired) electrons. The Morgan fingerprint density at radius 2 is 1.90 bits per heavy atom. The number of hydrogen-bond acceptors (Lipinski definition) is 5. The van der Waals surface area contributed by atoms with Crippen LogP contribution in [-0.2, 0) is 17.5 Å². The third kappa shape index (κ3) is 5.50. The van der Waals surface area contributed by atoms with Crippen molar-refractivity contribution < 1.29 is 22.7 Å². The van der Waals surface area contributed by atoms with Crippen molar-refractivity contribution in [3.8, 4) is 0 Å². The van der Waals surface area contributed by atoms with E-state index in [9.17, 15) is 22.9 Å². The van der Waals surface area contributed by atoms with Crippen LogP contribution in [0.2, 0.25) is 0 Å². The molecule has 1 unspecified atom stereocenters. The summed E-state index contributed by atoms with van der Waals surface area (Å²) < 4.78 is 43.2. The fourth-order valence-electron chi connectivity index (χ4n) is 3.25. The number of amides is 1. The summed E-state index contributed by atoms with van der Waals surface area (Å²) >= 11 is 0. The molecule has 9 heteroatoms. The quantitative estimate of drug-likeness (QED) is 0.340. The van der Waals surface area contributed by atoms with Crippen molar-refractivity contribution in [2.45, 2.75) is 38.0 Å². The summed E-state index contributed by atoms with van der Waals surface area (Å²) in [4.78, 5) is 26.3. The number of rotatable bonds is 9. The molecule has 1 aliphatic rings. The largest absolute Gasteiger partial charge is 0.416 e. The van der Waals surface area contributed by atoms with Crippen molar-refractivity contribution in [1.29, 1.82) is 0 Å². The standard InChI is InChI=1S/C21H20F3N3O3/c22-21(23,24)17-7-4-14(5-8-17)13-30-10-2-1-3-16-12-25-19-9-6-15(11-18(16)19)20(28)26-27-29/h4-9,11-12,16H,1-3,10,13H2,(H,26,28,29). The number of halogens is 3. The first-order chi connectivity index (χ1) is 14.4. The Kier molecular flexibility index (Phi) is 6.94. The fraction of sp³-hybridized carbons (Fsp3) is 0.333. The Hall–Kier alpha value is -3.07. The number of fused-ring (bicyclic) bond motifs is 1. The summed E-state index contributed by atoms with van der Waals surface area (Å²) in [5, 5.41) is 2.39. The average Bonchev–Trinajstić information content (AvgIpc) is 3.12. The van der Waals surface area contributed by atoms with Gasteiger partial charge in [-0.15, -0.1) is 4.91 Å². The molecule has 1 amide bonds. The summed E-state index contributed by atoms with van der Waals surface area (Å²) in [6.45, 7) is 0.750. The highest BCUT2D eigenvalue weighted by Crippen LogP contribution is 2.35. The zero-order valence-corrected chi connectivity index (χ0v) is 16.0. The van der Waals surface area contributed by atoms with Crippen LogP contribution in [0, 0.1) is 4.91 Å². The molecule has 1 heterocycles. The van der Waals surface area contributed by atoms with Gasteiger partial charge in [0.05, 0.1) is 23.1 Å². The van der Waals surface area contributed by atoms with Crippen molar-refractivity contribution in [3.63, 3.8) is 0 Å². The number of aliphatic imine (C=N–C) groups is 1. The lowest BCUT2D eigenvalue weighted by atomic mass is 9.94. The SMILES string of the molecule is O=NNC(=O)c1ccc2c(c1)C(CCCCOCc1ccc(C(F)(F)F)cc1)C=N2. The Morgan fingerprint density at radius 3 is 2.60 bits per heavy atom. The van der Waals surface area contributed by atoms with Crippen molar-refractivity contribution in [2.75, 3.05) is 6.61 Å². The van der Waals surface area contributed by atoms with Crippen LogP contribution in [0.25, 0.3) is 0 Å². The maximum absolute atomic E-state index is 12.6. The van der Waals surface area contributed by atoms with E-state index in [0.29, 0.717) is 17.7 Å². The molecule has 30 heavy (non-hydrogen) atoms. The zero-order valence-electron chi connectivity index (χ0n) is 16.0. The van der Waals surface area contributed by atoms with E-state index in [1.54, 1.807) is 18.2 Å². The molecule has 6 nitrogen and oxygen atoms in total. The van der Waals surface area contributed by atoms with Gasteiger partial charge in [0.25, 0.3) is 5.91 Å². The zero-order chi connectivity index (χ0) is 21.6. The molecule has 1 atom stereocenters. The lowest BCUT2D eigenvalue weighted by molar-refractivity contribution is -0.137. The predicted molar refractivity (Wildman–Crippen MR) is 106 cm³/mol. The topological polar surface area (TPSA) is 80.1 Å². The first kappa shape index (κ1) is 21.6. The number of nitrogens with zero attached hydrogens (tertiary/aromatic N) is 2. The molecule has 0 fully saturated rings. The molecule has 0 bridgehead atoms. The summed E-state index contributed by atoms with van der Waals surface area (Å²) in [6.07, 6.45) is -0.0347. The molecule has 3 rings (SSSR count). The minimum Gasteiger partial charge on any atom is -0.377 e. The smallest absolute Gasteiger partial charge is 0.377 e. The Morgan fingerprint density at radius 1 is 1.13 bits per heavy atom. The average molecular weight is 419 g/mol. The van der Waals surface area contributed by atoms with Gasteiger partial charge >= 0.3 is 6.18 Å². The van der Waals surface area contributed by atoms with Gasteiger partial charge < -0.3 is 4.74 Å². The van der Waals surface area contributed by atoms with Crippen molar-refractivity contribution in [1.82, 2.24) is 5.43 Å². The van der Waals surface area contributed by atoms with Gasteiger partial charge in [-0.25, -0.2) is 5.43 Å². The monoisotopic (exact) mass is 419 g/mol. The Balaban J connectivity index is 1.41. The van der Waals surface area contributed by atoms with Crippen molar-refractivity contribution in [3.05, 3.63) is 69.6 Å². The van der Waals surface area contributed by atoms with Crippen LogP contribution in [0.5, 0.6) is 0 Å². The predicted octanol–water partition coefficient (Wildman–Crippen LogP) is 5.30. The molecule has 2 aromatic carbocycles. The summed E-state index contributed by atoms with van der Waals surface area (Å²) in [6, 6.07) is 9.98. The van der Waals surface area contributed by atoms with E-state index in [2.05, 4.69) is 10.3 Å². The van der Waals surface area contributed by atoms with Crippen LogP contribution in [0.3, 0.4) is 0 Å². The molecule has 1 N–H and O–H groups in total. The maximum atomic E-state index is 12.6. The third-order valence-electron chi connectivity index (χ3n) is 4.83. The van der Waals surface area contributed by atoms with Crippen LogP contribution >= 0.6 is 0 Å². The van der Waals surface area contributed by atoms with Crippen LogP contribution in [0.4, 0.5) is 18.9 Å². The molecule has 0 spiro atoms. The summed E-state index contributed by atoms with van der Waals surface area (Å²) in [7, 11) is 0. The van der Waals surface area contributed by atoms with Crippen molar-refractivity contribution >= 4 is 17.8 Å². The number of nitrogens with one attached hydrogen (secondary N) is 1. The van der Waals surface area contributed by atoms with E-state index in [-0.39, 0.29) is 12.5 Å². The number of hydrogen-bond donors (Lipinski definition) is 1. The van der Waals surface area contributed by atoms with E-state index < -0.39 is 17.6 Å². The number of ether oxygens (including phenoxy) is 1. The van der Waals surface area contributed by atoms with Gasteiger partial charge in [0.15, 0.2) is 0 Å². The third-order valence-corrected chi connectivity index (χ3v) is 4.83. The second kappa shape index (κ2) is 9.62. The minimum atomic E-state index is -4.34. The van der Waals surface area contributed by atoms with Gasteiger partial charge in [-0.3, -0.25) is 9.79 Å². The van der Waals surface area contributed by atoms with Gasteiger partial charge in [-0.2, -0.15) is 13.2 Å². The lowest BCUT2D eigenvalue weighted by Gasteiger charge is -2.11. The molecule has 0 aliphatic carbocycles. The van der Waals surface area contributed by atoms with Gasteiger partial charge in [-0.1, -0.05) is 18.6 Å². The Bertz CT molecular complexity index is 927. The second-order valence-corrected chi connectivity index (χ2v) is 6.93. The van der Waals surface area contributed by atoms with Gasteiger partial charge in [0.2, 0.25) is 0 Å². The number of carbonyl (C=O) groups is 1. The molecule has 0 saturated heterocycles. The van der Waals surface area contributed by atoms with Crippen LogP contribution in [0.15, 0.2) is 52.7 Å². The number of benzene rings is 2. The number of alkyl halides is 3. The van der Waals surface area contributed by atoms with Crippen LogP contribution < -0.4 is 5.43 Å². The van der Waals surface area contributed by atoms with Crippen molar-refractivity contribution in [2.24, 2.45) is 10.3 Å². The van der Waals surface area contributed by atoms with Crippen LogP contribution in [0.1, 0.15) is 52.2 Å². The first-order valence-electron chi connectivity index (χ1n) is 9.43. The summed E-state index contributed by atoms with van der Waals surface area (Å²) in [5.74, 6) is -0.484. The highest BCUT2D eigenvalue weighted by molar-refractivity contribution is 5.95. The molecular formula is C21H20F3N3O3. The normalized spacial score (nSPS) is 15.1. The van der Waals surface area contributed by atoms with Crippen LogP contribution in [-0.4, -0.2) is 18.7 Å². The van der Waals surface area contributed by atoms with E-state index in [4.69, 9.17) is 4.74 Å². The van der Waals surface area contributed by atoms with Gasteiger partial charge in [-0.05, 0) is 54.3 Å². The number of unbranched alkanes of at least 4 members (excludes halogenated alkanes) is 1. The maximum Gasteiger partial charge on any atom is 0.416 e. The number of nitroso groups, excluding NO2 is 1. The van der Waals surface area contributed by atoms with E-state index in [0.717, 1.165) is 42.6 Å².